The Bertz CT molecular complexity index is 905. The molecule has 2 aromatic rings. The lowest BCUT2D eigenvalue weighted by Crippen LogP contribution is -2.46. The van der Waals surface area contributed by atoms with Crippen molar-refractivity contribution in [3.05, 3.63) is 40.9 Å². The molecule has 140 valence electrons. The number of carbonyl (C=O) groups excluding carboxylic acids is 1. The first-order chi connectivity index (χ1) is 12.3. The molecule has 0 unspecified atom stereocenters. The van der Waals surface area contributed by atoms with Crippen LogP contribution in [0.1, 0.15) is 28.9 Å². The summed E-state index contributed by atoms with van der Waals surface area (Å²) >= 11 is 6.11. The molecule has 0 spiro atoms. The van der Waals surface area contributed by atoms with Gasteiger partial charge in [0.25, 0.3) is 5.91 Å². The first-order valence-corrected chi connectivity index (χ1v) is 10.0. The van der Waals surface area contributed by atoms with Gasteiger partial charge in [0.2, 0.25) is 10.0 Å². The minimum Gasteiger partial charge on any atom is -0.349 e. The minimum atomic E-state index is -3.71. The van der Waals surface area contributed by atoms with E-state index in [-0.39, 0.29) is 22.0 Å². The number of aryl methyl sites for hydroxylation is 2. The first kappa shape index (κ1) is 18.8. The van der Waals surface area contributed by atoms with E-state index in [0.717, 1.165) is 0 Å². The van der Waals surface area contributed by atoms with Crippen LogP contribution in [0.2, 0.25) is 5.15 Å². The summed E-state index contributed by atoms with van der Waals surface area (Å²) in [5, 5.41) is 7.11. The van der Waals surface area contributed by atoms with Crippen molar-refractivity contribution in [2.24, 2.45) is 7.05 Å². The van der Waals surface area contributed by atoms with Crippen molar-refractivity contribution in [3.8, 4) is 0 Å². The highest BCUT2D eigenvalue weighted by Crippen LogP contribution is 2.29. The summed E-state index contributed by atoms with van der Waals surface area (Å²) in [6, 6.07) is 3.30. The summed E-state index contributed by atoms with van der Waals surface area (Å²) < 4.78 is 28.5. The number of amides is 1. The number of piperidine rings is 1. The average Bonchev–Trinajstić information content (AvgIpc) is 2.88. The van der Waals surface area contributed by atoms with Crippen LogP contribution in [0.4, 0.5) is 0 Å². The van der Waals surface area contributed by atoms with Gasteiger partial charge in [-0.1, -0.05) is 11.6 Å². The number of rotatable bonds is 4. The second kappa shape index (κ2) is 7.34. The number of pyridine rings is 1. The van der Waals surface area contributed by atoms with Crippen LogP contribution in [-0.2, 0) is 17.1 Å². The van der Waals surface area contributed by atoms with E-state index >= 15 is 0 Å². The molecule has 0 radical (unpaired) electrons. The van der Waals surface area contributed by atoms with E-state index in [9.17, 15) is 13.2 Å². The molecule has 0 aliphatic carbocycles. The maximum Gasteiger partial charge on any atom is 0.253 e. The molecule has 0 saturated carbocycles. The number of aromatic nitrogens is 3. The van der Waals surface area contributed by atoms with Crippen LogP contribution in [0.5, 0.6) is 0 Å². The predicted molar refractivity (Wildman–Crippen MR) is 96.4 cm³/mol. The molecule has 1 aliphatic heterocycles. The van der Waals surface area contributed by atoms with Crippen molar-refractivity contribution in [3.63, 3.8) is 0 Å². The van der Waals surface area contributed by atoms with E-state index in [1.54, 1.807) is 32.3 Å². The number of hydrogen-bond donors (Lipinski definition) is 1. The fourth-order valence-electron chi connectivity index (χ4n) is 3.04. The summed E-state index contributed by atoms with van der Waals surface area (Å²) in [6.07, 6.45) is 4.16. The monoisotopic (exact) mass is 397 g/mol. The average molecular weight is 398 g/mol. The number of carbonyl (C=O) groups is 1. The van der Waals surface area contributed by atoms with E-state index in [0.29, 0.717) is 37.2 Å². The molecule has 3 heterocycles. The molecule has 0 aromatic carbocycles. The molecule has 10 heteroatoms. The Kier molecular flexibility index (Phi) is 5.31. The standard InChI is InChI=1S/C16H20ClN5O3S/c1-11-14(15(17)21(2)20-11)26(24,25)22-8-5-13(6-9-22)19-16(23)12-4-3-7-18-10-12/h3-4,7,10,13H,5-6,8-9H2,1-2H3,(H,19,23). The smallest absolute Gasteiger partial charge is 0.253 e. The van der Waals surface area contributed by atoms with Crippen LogP contribution in [0.25, 0.3) is 0 Å². The molecule has 26 heavy (non-hydrogen) atoms. The van der Waals surface area contributed by atoms with E-state index in [4.69, 9.17) is 11.6 Å². The predicted octanol–water partition coefficient (Wildman–Crippen LogP) is 1.36. The van der Waals surface area contributed by atoms with Gasteiger partial charge in [0.1, 0.15) is 10.0 Å². The third-order valence-electron chi connectivity index (χ3n) is 4.41. The van der Waals surface area contributed by atoms with E-state index < -0.39 is 10.0 Å². The second-order valence-corrected chi connectivity index (χ2v) is 8.46. The Morgan fingerprint density at radius 1 is 1.35 bits per heavy atom. The molecular formula is C16H20ClN5O3S. The Labute approximate surface area is 157 Å². The number of sulfonamides is 1. The van der Waals surface area contributed by atoms with E-state index in [1.807, 2.05) is 0 Å². The highest BCUT2D eigenvalue weighted by atomic mass is 35.5. The highest BCUT2D eigenvalue weighted by molar-refractivity contribution is 7.89. The van der Waals surface area contributed by atoms with Crippen molar-refractivity contribution in [2.75, 3.05) is 13.1 Å². The van der Waals surface area contributed by atoms with Crippen molar-refractivity contribution >= 4 is 27.5 Å². The third-order valence-corrected chi connectivity index (χ3v) is 7.01. The van der Waals surface area contributed by atoms with Crippen LogP contribution in [0.15, 0.2) is 29.4 Å². The maximum atomic E-state index is 12.9. The van der Waals surface area contributed by atoms with Crippen molar-refractivity contribution in [1.82, 2.24) is 24.4 Å². The molecule has 1 amide bonds. The van der Waals surface area contributed by atoms with Crippen molar-refractivity contribution < 1.29 is 13.2 Å². The Morgan fingerprint density at radius 3 is 2.58 bits per heavy atom. The summed E-state index contributed by atoms with van der Waals surface area (Å²) in [4.78, 5) is 16.2. The zero-order valence-electron chi connectivity index (χ0n) is 14.5. The Hall–Kier alpha value is -1.97. The topological polar surface area (TPSA) is 97.2 Å². The second-order valence-electron chi connectivity index (χ2n) is 6.22. The number of nitrogens with zero attached hydrogens (tertiary/aromatic N) is 4. The minimum absolute atomic E-state index is 0.0551. The number of hydrogen-bond acceptors (Lipinski definition) is 5. The first-order valence-electron chi connectivity index (χ1n) is 8.21. The molecule has 3 rings (SSSR count). The fraction of sp³-hybridized carbons (Fsp3) is 0.438. The molecule has 2 aromatic heterocycles. The van der Waals surface area contributed by atoms with Gasteiger partial charge in [-0.3, -0.25) is 14.5 Å². The molecule has 1 fully saturated rings. The van der Waals surface area contributed by atoms with Gasteiger partial charge >= 0.3 is 0 Å². The summed E-state index contributed by atoms with van der Waals surface area (Å²) in [6.45, 7) is 2.25. The van der Waals surface area contributed by atoms with Gasteiger partial charge < -0.3 is 5.32 Å². The SMILES string of the molecule is Cc1nn(C)c(Cl)c1S(=O)(=O)N1CCC(NC(=O)c2cccnc2)CC1. The van der Waals surface area contributed by atoms with E-state index in [1.165, 1.54) is 15.2 Å². The largest absolute Gasteiger partial charge is 0.349 e. The van der Waals surface area contributed by atoms with Gasteiger partial charge in [0, 0.05) is 38.6 Å². The highest BCUT2D eigenvalue weighted by Gasteiger charge is 2.34. The zero-order valence-corrected chi connectivity index (χ0v) is 16.1. The van der Waals surface area contributed by atoms with Gasteiger partial charge in [0.15, 0.2) is 0 Å². The Balaban J connectivity index is 1.66. The Morgan fingerprint density at radius 2 is 2.04 bits per heavy atom. The quantitative estimate of drug-likeness (QED) is 0.840. The maximum absolute atomic E-state index is 12.9. The van der Waals surface area contributed by atoms with Crippen LogP contribution in [0.3, 0.4) is 0 Å². The molecule has 1 N–H and O–H groups in total. The number of nitrogens with one attached hydrogen (secondary N) is 1. The molecule has 1 saturated heterocycles. The van der Waals surface area contributed by atoms with Crippen LogP contribution in [0, 0.1) is 6.92 Å². The summed E-state index contributed by atoms with van der Waals surface area (Å²) in [5.74, 6) is -0.203. The molecule has 1 aliphatic rings. The van der Waals surface area contributed by atoms with Crippen LogP contribution in [-0.4, -0.2) is 52.5 Å². The van der Waals surface area contributed by atoms with Crippen molar-refractivity contribution in [2.45, 2.75) is 30.7 Å². The molecule has 0 atom stereocenters. The zero-order chi connectivity index (χ0) is 18.9. The van der Waals surface area contributed by atoms with Gasteiger partial charge in [-0.15, -0.1) is 0 Å². The molecular weight excluding hydrogens is 378 g/mol. The van der Waals surface area contributed by atoms with Crippen LogP contribution < -0.4 is 5.32 Å². The normalized spacial score (nSPS) is 16.6. The molecule has 8 nitrogen and oxygen atoms in total. The van der Waals surface area contributed by atoms with E-state index in [2.05, 4.69) is 15.4 Å². The van der Waals surface area contributed by atoms with Gasteiger partial charge in [-0.25, -0.2) is 8.42 Å². The lowest BCUT2D eigenvalue weighted by molar-refractivity contribution is 0.0923. The summed E-state index contributed by atoms with van der Waals surface area (Å²) in [5.41, 5.74) is 0.866. The number of halogens is 1. The lowest BCUT2D eigenvalue weighted by atomic mass is 10.1. The summed E-state index contributed by atoms with van der Waals surface area (Å²) in [7, 11) is -2.11. The van der Waals surface area contributed by atoms with Gasteiger partial charge in [0.05, 0.1) is 11.3 Å². The third kappa shape index (κ3) is 3.60. The van der Waals surface area contributed by atoms with Crippen molar-refractivity contribution in [1.29, 1.82) is 0 Å². The van der Waals surface area contributed by atoms with Gasteiger partial charge in [-0.05, 0) is 31.9 Å². The fourth-order valence-corrected chi connectivity index (χ4v) is 5.21. The lowest BCUT2D eigenvalue weighted by Gasteiger charge is -2.31. The molecule has 0 bridgehead atoms. The van der Waals surface area contributed by atoms with Gasteiger partial charge in [-0.2, -0.15) is 9.40 Å². The van der Waals surface area contributed by atoms with Crippen LogP contribution >= 0.6 is 11.6 Å².